The van der Waals surface area contributed by atoms with E-state index in [1.54, 1.807) is 0 Å². The number of nitrogens with zero attached hydrogens (tertiary/aromatic N) is 1. The van der Waals surface area contributed by atoms with Gasteiger partial charge in [0.2, 0.25) is 5.91 Å². The first-order valence-corrected chi connectivity index (χ1v) is 9.54. The van der Waals surface area contributed by atoms with E-state index in [4.69, 9.17) is 4.74 Å². The minimum absolute atomic E-state index is 0.0113. The van der Waals surface area contributed by atoms with Crippen LogP contribution in [-0.4, -0.2) is 42.6 Å². The van der Waals surface area contributed by atoms with Gasteiger partial charge in [0.1, 0.15) is 6.61 Å². The number of hydrogen-bond acceptors (Lipinski definition) is 3. The molecule has 2 aromatic carbocycles. The number of rotatable bonds is 2. The number of hydrogen-bond donors (Lipinski definition) is 1. The van der Waals surface area contributed by atoms with E-state index < -0.39 is 0 Å². The molecule has 0 radical (unpaired) electrons. The minimum atomic E-state index is -0.135. The van der Waals surface area contributed by atoms with Gasteiger partial charge in [0.25, 0.3) is 0 Å². The van der Waals surface area contributed by atoms with Gasteiger partial charge in [-0.25, -0.2) is 0 Å². The summed E-state index contributed by atoms with van der Waals surface area (Å²) in [5, 5.41) is 2.96. The van der Waals surface area contributed by atoms with Crippen molar-refractivity contribution in [2.24, 2.45) is 0 Å². The molecule has 0 unspecified atom stereocenters. The van der Waals surface area contributed by atoms with Crippen LogP contribution in [0.4, 0.5) is 0 Å². The molecule has 2 fully saturated rings. The van der Waals surface area contributed by atoms with Gasteiger partial charge >= 0.3 is 0 Å². The smallest absolute Gasteiger partial charge is 0.246 e. The van der Waals surface area contributed by atoms with Crippen LogP contribution in [-0.2, 0) is 22.5 Å². The van der Waals surface area contributed by atoms with Crippen molar-refractivity contribution in [3.05, 3.63) is 59.2 Å². The Morgan fingerprint density at radius 3 is 2.65 bits per heavy atom. The number of amides is 1. The molecular formula is C22H24N2O2. The largest absolute Gasteiger partial charge is 0.363 e. The van der Waals surface area contributed by atoms with Crippen LogP contribution in [0.15, 0.2) is 42.5 Å². The van der Waals surface area contributed by atoms with Gasteiger partial charge in [0.05, 0.1) is 5.60 Å². The van der Waals surface area contributed by atoms with Crippen LogP contribution >= 0.6 is 0 Å². The van der Waals surface area contributed by atoms with Crippen LogP contribution < -0.4 is 5.32 Å². The van der Waals surface area contributed by atoms with Crippen molar-refractivity contribution in [1.29, 1.82) is 0 Å². The van der Waals surface area contributed by atoms with E-state index >= 15 is 0 Å². The van der Waals surface area contributed by atoms with Crippen LogP contribution in [0.3, 0.4) is 0 Å². The van der Waals surface area contributed by atoms with Crippen LogP contribution in [0, 0.1) is 0 Å². The predicted molar refractivity (Wildman–Crippen MR) is 101 cm³/mol. The second kappa shape index (κ2) is 6.22. The van der Waals surface area contributed by atoms with E-state index in [1.807, 2.05) is 0 Å². The van der Waals surface area contributed by atoms with Gasteiger partial charge in [-0.15, -0.1) is 0 Å². The number of piperidine rings is 1. The Morgan fingerprint density at radius 1 is 1.04 bits per heavy atom. The first-order valence-electron chi connectivity index (χ1n) is 9.54. The summed E-state index contributed by atoms with van der Waals surface area (Å²) < 4.78 is 5.87. The molecule has 2 aromatic rings. The van der Waals surface area contributed by atoms with E-state index in [2.05, 4.69) is 52.7 Å². The molecule has 0 bridgehead atoms. The molecule has 4 nitrogen and oxygen atoms in total. The third kappa shape index (κ3) is 2.83. The Morgan fingerprint density at radius 2 is 1.85 bits per heavy atom. The maximum Gasteiger partial charge on any atom is 0.246 e. The zero-order valence-electron chi connectivity index (χ0n) is 15.0. The highest BCUT2D eigenvalue weighted by molar-refractivity contribution is 5.78. The predicted octanol–water partition coefficient (Wildman–Crippen LogP) is 2.74. The number of likely N-dealkylation sites (tertiary alicyclic amines) is 1. The second-order valence-electron chi connectivity index (χ2n) is 7.85. The fourth-order valence-electron chi connectivity index (χ4n) is 4.58. The van der Waals surface area contributed by atoms with Gasteiger partial charge in [-0.05, 0) is 47.1 Å². The van der Waals surface area contributed by atoms with Gasteiger partial charge in [-0.3, -0.25) is 9.69 Å². The summed E-state index contributed by atoms with van der Waals surface area (Å²) in [7, 11) is 0. The number of ether oxygens (including phenoxy) is 1. The van der Waals surface area contributed by atoms with Gasteiger partial charge in [-0.1, -0.05) is 42.5 Å². The molecule has 2 aliphatic heterocycles. The van der Waals surface area contributed by atoms with Crippen molar-refractivity contribution in [1.82, 2.24) is 10.2 Å². The van der Waals surface area contributed by atoms with Gasteiger partial charge in [0, 0.05) is 26.2 Å². The lowest BCUT2D eigenvalue weighted by Gasteiger charge is -2.43. The Kier molecular flexibility index (Phi) is 3.84. The summed E-state index contributed by atoms with van der Waals surface area (Å²) in [5.74, 6) is 0.0113. The molecule has 1 N–H and O–H groups in total. The van der Waals surface area contributed by atoms with Crippen molar-refractivity contribution in [3.8, 4) is 11.1 Å². The molecule has 5 rings (SSSR count). The lowest BCUT2D eigenvalue weighted by atomic mass is 9.89. The number of carbonyl (C=O) groups is 1. The van der Waals surface area contributed by atoms with E-state index in [0.717, 1.165) is 38.9 Å². The topological polar surface area (TPSA) is 41.6 Å². The Balaban J connectivity index is 1.25. The van der Waals surface area contributed by atoms with E-state index in [1.165, 1.54) is 27.8 Å². The SMILES string of the molecule is O=C1COC2(CCN(Cc3ccc4c(c3)Cc3ccccc3-4)CC2)CN1. The van der Waals surface area contributed by atoms with Crippen LogP contribution in [0.1, 0.15) is 29.5 Å². The van der Waals surface area contributed by atoms with Crippen molar-refractivity contribution >= 4 is 5.91 Å². The zero-order valence-corrected chi connectivity index (χ0v) is 15.0. The van der Waals surface area contributed by atoms with E-state index in [0.29, 0.717) is 6.54 Å². The Bertz CT molecular complexity index is 841. The molecular weight excluding hydrogens is 324 g/mol. The van der Waals surface area contributed by atoms with Crippen molar-refractivity contribution in [2.45, 2.75) is 31.4 Å². The zero-order chi connectivity index (χ0) is 17.6. The van der Waals surface area contributed by atoms with E-state index in [-0.39, 0.29) is 18.1 Å². The van der Waals surface area contributed by atoms with Crippen LogP contribution in [0.5, 0.6) is 0 Å². The van der Waals surface area contributed by atoms with Crippen molar-refractivity contribution < 1.29 is 9.53 Å². The number of benzene rings is 2. The number of nitrogens with one attached hydrogen (secondary N) is 1. The second-order valence-corrected chi connectivity index (χ2v) is 7.85. The van der Waals surface area contributed by atoms with Gasteiger partial charge < -0.3 is 10.1 Å². The first kappa shape index (κ1) is 16.0. The maximum atomic E-state index is 11.3. The molecule has 3 aliphatic rings. The summed E-state index contributed by atoms with van der Waals surface area (Å²) in [6, 6.07) is 15.7. The molecule has 134 valence electrons. The molecule has 2 heterocycles. The molecule has 1 aliphatic carbocycles. The molecule has 4 heteroatoms. The summed E-state index contributed by atoms with van der Waals surface area (Å²) in [5.41, 5.74) is 6.94. The highest BCUT2D eigenvalue weighted by Gasteiger charge is 2.38. The Labute approximate surface area is 154 Å². The fraction of sp³-hybridized carbons (Fsp3) is 0.409. The van der Waals surface area contributed by atoms with Crippen molar-refractivity contribution in [2.75, 3.05) is 26.2 Å². The number of morpholine rings is 1. The lowest BCUT2D eigenvalue weighted by Crippen LogP contribution is -2.57. The first-order chi connectivity index (χ1) is 12.7. The summed E-state index contributed by atoms with van der Waals surface area (Å²) in [4.78, 5) is 13.8. The third-order valence-electron chi connectivity index (χ3n) is 6.15. The van der Waals surface area contributed by atoms with Crippen LogP contribution in [0.25, 0.3) is 11.1 Å². The molecule has 26 heavy (non-hydrogen) atoms. The summed E-state index contributed by atoms with van der Waals surface area (Å²) >= 11 is 0. The summed E-state index contributed by atoms with van der Waals surface area (Å²) in [6.07, 6.45) is 3.03. The highest BCUT2D eigenvalue weighted by Crippen LogP contribution is 2.37. The monoisotopic (exact) mass is 348 g/mol. The molecule has 0 saturated carbocycles. The third-order valence-corrected chi connectivity index (χ3v) is 6.15. The molecule has 1 amide bonds. The lowest BCUT2D eigenvalue weighted by molar-refractivity contribution is -0.150. The quantitative estimate of drug-likeness (QED) is 0.774. The normalized spacial score (nSPS) is 21.3. The van der Waals surface area contributed by atoms with Crippen LogP contribution in [0.2, 0.25) is 0 Å². The Hall–Kier alpha value is -2.17. The molecule has 2 saturated heterocycles. The number of carbonyl (C=O) groups excluding carboxylic acids is 1. The minimum Gasteiger partial charge on any atom is -0.363 e. The maximum absolute atomic E-state index is 11.3. The average Bonchev–Trinajstić information content (AvgIpc) is 3.04. The fourth-order valence-corrected chi connectivity index (χ4v) is 4.58. The number of fused-ring (bicyclic) bond motifs is 3. The average molecular weight is 348 g/mol. The molecule has 1 spiro atoms. The van der Waals surface area contributed by atoms with Crippen molar-refractivity contribution in [3.63, 3.8) is 0 Å². The van der Waals surface area contributed by atoms with Gasteiger partial charge in [0.15, 0.2) is 0 Å². The molecule has 0 atom stereocenters. The van der Waals surface area contributed by atoms with Gasteiger partial charge in [-0.2, -0.15) is 0 Å². The van der Waals surface area contributed by atoms with E-state index in [9.17, 15) is 4.79 Å². The standard InChI is InChI=1S/C22H24N2O2/c25-21-14-26-22(15-23-21)7-9-24(10-8-22)13-16-5-6-20-18(11-16)12-17-3-1-2-4-19(17)20/h1-6,11H,7-10,12-15H2,(H,23,25). The molecule has 0 aromatic heterocycles. The highest BCUT2D eigenvalue weighted by atomic mass is 16.5. The summed E-state index contributed by atoms with van der Waals surface area (Å²) in [6.45, 7) is 3.91.